The Labute approximate surface area is 172 Å². The average molecular weight is 408 g/mol. The second-order valence-electron chi connectivity index (χ2n) is 6.87. The van der Waals surface area contributed by atoms with Crippen molar-refractivity contribution in [3.8, 4) is 11.4 Å². The van der Waals surface area contributed by atoms with Crippen molar-refractivity contribution < 1.29 is 29.0 Å². The van der Waals surface area contributed by atoms with Crippen LogP contribution in [0.4, 0.5) is 5.69 Å². The molecule has 1 aliphatic heterocycles. The molecule has 1 aliphatic rings. The van der Waals surface area contributed by atoms with Crippen LogP contribution in [0.1, 0.15) is 29.4 Å². The summed E-state index contributed by atoms with van der Waals surface area (Å²) in [6.07, 6.45) is -1.27. The molecule has 1 unspecified atom stereocenters. The Morgan fingerprint density at radius 2 is 1.93 bits per heavy atom. The van der Waals surface area contributed by atoms with E-state index in [1.54, 1.807) is 26.0 Å². The molecule has 3 aromatic rings. The highest BCUT2D eigenvalue weighted by atomic mass is 16.5. The van der Waals surface area contributed by atoms with Gasteiger partial charge in [0.1, 0.15) is 5.75 Å². The predicted molar refractivity (Wildman–Crippen MR) is 109 cm³/mol. The van der Waals surface area contributed by atoms with Crippen LogP contribution in [-0.4, -0.2) is 40.2 Å². The van der Waals surface area contributed by atoms with Gasteiger partial charge in [-0.25, -0.2) is 4.79 Å². The standard InChI is InChI=1S/C22H20N2O6/c1-3-29-17(25)11-16-21(26)23-20-15(30-16)10-9-14-19(20)18(22(27)28)12(2)24(14)13-7-5-4-6-8-13/h4-10,16H,3,11H2,1-2H3,(H,23,26)(H,27,28). The fraction of sp³-hybridized carbons (Fsp3) is 0.227. The molecule has 1 amide bonds. The maximum absolute atomic E-state index is 12.6. The number of rotatable bonds is 5. The van der Waals surface area contributed by atoms with Gasteiger partial charge in [0.15, 0.2) is 6.10 Å². The minimum Gasteiger partial charge on any atom is -0.478 e. The third-order valence-corrected chi connectivity index (χ3v) is 5.03. The van der Waals surface area contributed by atoms with Crippen molar-refractivity contribution in [2.24, 2.45) is 0 Å². The number of hydrogen-bond acceptors (Lipinski definition) is 5. The van der Waals surface area contributed by atoms with Crippen LogP contribution in [0.25, 0.3) is 16.6 Å². The van der Waals surface area contributed by atoms with E-state index in [1.165, 1.54) is 0 Å². The lowest BCUT2D eigenvalue weighted by Crippen LogP contribution is -2.39. The van der Waals surface area contributed by atoms with E-state index >= 15 is 0 Å². The minimum absolute atomic E-state index is 0.0819. The number of benzene rings is 2. The molecule has 30 heavy (non-hydrogen) atoms. The molecule has 1 aromatic heterocycles. The molecule has 1 atom stereocenters. The van der Waals surface area contributed by atoms with Crippen LogP contribution >= 0.6 is 0 Å². The lowest BCUT2D eigenvalue weighted by Gasteiger charge is -2.26. The van der Waals surface area contributed by atoms with Gasteiger partial charge in [-0.2, -0.15) is 0 Å². The number of anilines is 1. The summed E-state index contributed by atoms with van der Waals surface area (Å²) in [7, 11) is 0. The van der Waals surface area contributed by atoms with E-state index < -0.39 is 23.9 Å². The molecule has 0 saturated carbocycles. The first kappa shape index (κ1) is 19.5. The summed E-state index contributed by atoms with van der Waals surface area (Å²) < 4.78 is 12.5. The zero-order chi connectivity index (χ0) is 21.4. The minimum atomic E-state index is -1.11. The van der Waals surface area contributed by atoms with Crippen LogP contribution < -0.4 is 10.1 Å². The summed E-state index contributed by atoms with van der Waals surface area (Å²) in [6, 6.07) is 12.8. The summed E-state index contributed by atoms with van der Waals surface area (Å²) in [5, 5.41) is 13.0. The number of aromatic nitrogens is 1. The highest BCUT2D eigenvalue weighted by Crippen LogP contribution is 2.42. The molecule has 2 N–H and O–H groups in total. The quantitative estimate of drug-likeness (QED) is 0.628. The molecule has 0 radical (unpaired) electrons. The number of para-hydroxylation sites is 1. The van der Waals surface area contributed by atoms with Gasteiger partial charge in [-0.1, -0.05) is 18.2 Å². The Kier molecular flexibility index (Phi) is 4.91. The molecular weight excluding hydrogens is 388 g/mol. The van der Waals surface area contributed by atoms with Gasteiger partial charge in [0.25, 0.3) is 5.91 Å². The van der Waals surface area contributed by atoms with Crippen LogP contribution in [0.3, 0.4) is 0 Å². The van der Waals surface area contributed by atoms with Gasteiger partial charge in [-0.15, -0.1) is 0 Å². The van der Waals surface area contributed by atoms with E-state index in [2.05, 4.69) is 5.32 Å². The number of ether oxygens (including phenoxy) is 2. The molecule has 2 heterocycles. The van der Waals surface area contributed by atoms with Gasteiger partial charge in [-0.05, 0) is 38.1 Å². The molecule has 8 heteroatoms. The SMILES string of the molecule is CCOC(=O)CC1Oc2ccc3c(c2NC1=O)c(C(=O)O)c(C)n3-c1ccccc1. The maximum Gasteiger partial charge on any atom is 0.338 e. The molecule has 2 aromatic carbocycles. The second-order valence-corrected chi connectivity index (χ2v) is 6.87. The highest BCUT2D eigenvalue weighted by molar-refractivity contribution is 6.16. The van der Waals surface area contributed by atoms with Crippen LogP contribution in [0.2, 0.25) is 0 Å². The van der Waals surface area contributed by atoms with Crippen molar-refractivity contribution in [3.05, 3.63) is 53.7 Å². The summed E-state index contributed by atoms with van der Waals surface area (Å²) in [4.78, 5) is 36.5. The van der Waals surface area contributed by atoms with E-state index in [0.717, 1.165) is 5.69 Å². The van der Waals surface area contributed by atoms with Crippen LogP contribution in [0, 0.1) is 6.92 Å². The summed E-state index contributed by atoms with van der Waals surface area (Å²) in [5.74, 6) is -1.86. The number of nitrogens with zero attached hydrogens (tertiary/aromatic N) is 1. The Balaban J connectivity index is 1.87. The van der Waals surface area contributed by atoms with Crippen LogP contribution in [-0.2, 0) is 14.3 Å². The van der Waals surface area contributed by atoms with Crippen molar-refractivity contribution in [2.75, 3.05) is 11.9 Å². The number of nitrogens with one attached hydrogen (secondary N) is 1. The first-order valence-corrected chi connectivity index (χ1v) is 9.52. The van der Waals surface area contributed by atoms with Crippen molar-refractivity contribution in [3.63, 3.8) is 0 Å². The third kappa shape index (κ3) is 3.16. The van der Waals surface area contributed by atoms with Crippen LogP contribution in [0.5, 0.6) is 5.75 Å². The van der Waals surface area contributed by atoms with Gasteiger partial charge in [0.2, 0.25) is 0 Å². The van der Waals surface area contributed by atoms with Gasteiger partial charge in [-0.3, -0.25) is 9.59 Å². The number of carbonyl (C=O) groups excluding carboxylic acids is 2. The fourth-order valence-electron chi connectivity index (χ4n) is 3.80. The lowest BCUT2D eigenvalue weighted by atomic mass is 10.1. The first-order valence-electron chi connectivity index (χ1n) is 9.52. The van der Waals surface area contributed by atoms with Crippen molar-refractivity contribution in [1.82, 2.24) is 4.57 Å². The summed E-state index contributed by atoms with van der Waals surface area (Å²) in [6.45, 7) is 3.61. The number of hydrogen-bond donors (Lipinski definition) is 2. The lowest BCUT2D eigenvalue weighted by molar-refractivity contribution is -0.147. The van der Waals surface area contributed by atoms with E-state index in [1.807, 2.05) is 34.9 Å². The monoisotopic (exact) mass is 408 g/mol. The molecule has 0 aliphatic carbocycles. The van der Waals surface area contributed by atoms with Gasteiger partial charge >= 0.3 is 11.9 Å². The van der Waals surface area contributed by atoms with Crippen molar-refractivity contribution >= 4 is 34.4 Å². The molecule has 0 bridgehead atoms. The van der Waals surface area contributed by atoms with Crippen molar-refractivity contribution in [2.45, 2.75) is 26.4 Å². The Morgan fingerprint density at radius 3 is 2.60 bits per heavy atom. The predicted octanol–water partition coefficient (Wildman–Crippen LogP) is 3.29. The molecule has 0 spiro atoms. The highest BCUT2D eigenvalue weighted by Gasteiger charge is 2.34. The Morgan fingerprint density at radius 1 is 1.20 bits per heavy atom. The molecule has 8 nitrogen and oxygen atoms in total. The topological polar surface area (TPSA) is 107 Å². The van der Waals surface area contributed by atoms with E-state index in [0.29, 0.717) is 22.3 Å². The Hall–Kier alpha value is -3.81. The molecule has 0 saturated heterocycles. The van der Waals surface area contributed by atoms with Gasteiger partial charge in [0, 0.05) is 16.8 Å². The Bertz CT molecular complexity index is 1170. The fourth-order valence-corrected chi connectivity index (χ4v) is 3.80. The summed E-state index contributed by atoms with van der Waals surface area (Å²) in [5.41, 5.74) is 2.32. The normalized spacial score (nSPS) is 15.3. The van der Waals surface area contributed by atoms with Gasteiger partial charge < -0.3 is 24.5 Å². The summed E-state index contributed by atoms with van der Waals surface area (Å²) >= 11 is 0. The van der Waals surface area contributed by atoms with E-state index in [9.17, 15) is 19.5 Å². The molecular formula is C22H20N2O6. The smallest absolute Gasteiger partial charge is 0.338 e. The zero-order valence-electron chi connectivity index (χ0n) is 16.5. The largest absolute Gasteiger partial charge is 0.478 e. The number of esters is 1. The number of aromatic carboxylic acids is 1. The maximum atomic E-state index is 12.6. The number of amides is 1. The molecule has 4 rings (SSSR count). The molecule has 0 fully saturated rings. The third-order valence-electron chi connectivity index (χ3n) is 5.03. The zero-order valence-corrected chi connectivity index (χ0v) is 16.5. The van der Waals surface area contributed by atoms with Crippen molar-refractivity contribution in [1.29, 1.82) is 0 Å². The second kappa shape index (κ2) is 7.55. The first-order chi connectivity index (χ1) is 14.4. The van der Waals surface area contributed by atoms with E-state index in [4.69, 9.17) is 9.47 Å². The number of fused-ring (bicyclic) bond motifs is 3. The van der Waals surface area contributed by atoms with Crippen LogP contribution in [0.15, 0.2) is 42.5 Å². The average Bonchev–Trinajstić information content (AvgIpc) is 3.02. The van der Waals surface area contributed by atoms with Gasteiger partial charge in [0.05, 0.1) is 29.8 Å². The van der Waals surface area contributed by atoms with E-state index in [-0.39, 0.29) is 24.3 Å². The number of carboxylic acids is 1. The molecule has 154 valence electrons. The number of carboxylic acid groups (broad SMARTS) is 1. The number of carbonyl (C=O) groups is 3.